The lowest BCUT2D eigenvalue weighted by Gasteiger charge is -2.12. The van der Waals surface area contributed by atoms with E-state index in [0.717, 1.165) is 32.9 Å². The number of thiazole rings is 1. The van der Waals surface area contributed by atoms with Crippen LogP contribution in [0.5, 0.6) is 0 Å². The van der Waals surface area contributed by atoms with Crippen LogP contribution in [-0.4, -0.2) is 9.55 Å². The van der Waals surface area contributed by atoms with E-state index in [1.54, 1.807) is 12.1 Å². The summed E-state index contributed by atoms with van der Waals surface area (Å²) in [6.07, 6.45) is 1.88. The van der Waals surface area contributed by atoms with Gasteiger partial charge in [0.25, 0.3) is 0 Å². The van der Waals surface area contributed by atoms with Crippen LogP contribution in [0.4, 0.5) is 0 Å². The number of rotatable bonds is 3. The molecule has 2 aromatic carbocycles. The van der Waals surface area contributed by atoms with Gasteiger partial charge in [0.05, 0.1) is 26.5 Å². The Bertz CT molecular complexity index is 1240. The summed E-state index contributed by atoms with van der Waals surface area (Å²) in [7, 11) is 0. The first-order valence-corrected chi connectivity index (χ1v) is 10.2. The Balaban J connectivity index is 1.83. The van der Waals surface area contributed by atoms with E-state index in [9.17, 15) is 5.26 Å². The van der Waals surface area contributed by atoms with Crippen LogP contribution in [0.1, 0.15) is 22.0 Å². The highest BCUT2D eigenvalue weighted by atomic mass is 35.5. The predicted molar refractivity (Wildman–Crippen MR) is 118 cm³/mol. The third-order valence-corrected chi connectivity index (χ3v) is 6.19. The van der Waals surface area contributed by atoms with Gasteiger partial charge in [0.2, 0.25) is 0 Å². The summed E-state index contributed by atoms with van der Waals surface area (Å²) < 4.78 is 3.11. The molecule has 4 rings (SSSR count). The largest absolute Gasteiger partial charge is 0.316 e. The second kappa shape index (κ2) is 7.44. The zero-order valence-electron chi connectivity index (χ0n) is 15.2. The molecule has 0 fully saturated rings. The molecule has 6 heteroatoms. The number of hydrogen-bond acceptors (Lipinski definition) is 3. The van der Waals surface area contributed by atoms with Crippen molar-refractivity contribution in [1.29, 1.82) is 5.26 Å². The zero-order chi connectivity index (χ0) is 19.8. The van der Waals surface area contributed by atoms with Crippen molar-refractivity contribution >= 4 is 56.4 Å². The minimum atomic E-state index is 0.540. The number of fused-ring (bicyclic) bond motifs is 1. The SMILES string of the molecule is Cc1cc(C=C(C#N)c2nc3ccccc3s2)c(C)n1-c1cc(Cl)ccc1Cl. The highest BCUT2D eigenvalue weighted by Crippen LogP contribution is 2.32. The molecule has 0 bridgehead atoms. The summed E-state index contributed by atoms with van der Waals surface area (Å²) in [5, 5.41) is 11.7. The van der Waals surface area contributed by atoms with Crippen molar-refractivity contribution < 1.29 is 0 Å². The monoisotopic (exact) mass is 423 g/mol. The molecule has 0 saturated heterocycles. The molecule has 0 aliphatic heterocycles. The number of hydrogen-bond donors (Lipinski definition) is 0. The van der Waals surface area contributed by atoms with Crippen LogP contribution >= 0.6 is 34.5 Å². The predicted octanol–water partition coefficient (Wildman–Crippen LogP) is 7.07. The fraction of sp³-hybridized carbons (Fsp3) is 0.0909. The first kappa shape index (κ1) is 18.8. The fourth-order valence-electron chi connectivity index (χ4n) is 3.25. The Morgan fingerprint density at radius 1 is 1.14 bits per heavy atom. The molecule has 0 saturated carbocycles. The van der Waals surface area contributed by atoms with Gasteiger partial charge in [-0.3, -0.25) is 0 Å². The highest BCUT2D eigenvalue weighted by Gasteiger charge is 2.15. The summed E-state index contributed by atoms with van der Waals surface area (Å²) in [6, 6.07) is 17.6. The molecule has 0 aliphatic rings. The van der Waals surface area contributed by atoms with Crippen molar-refractivity contribution in [2.24, 2.45) is 0 Å². The Kier molecular flexibility index (Phi) is 4.99. The number of nitrogens with zero attached hydrogens (tertiary/aromatic N) is 3. The first-order valence-electron chi connectivity index (χ1n) is 8.60. The number of aromatic nitrogens is 2. The van der Waals surface area contributed by atoms with E-state index in [-0.39, 0.29) is 0 Å². The summed E-state index contributed by atoms with van der Waals surface area (Å²) >= 11 is 14.1. The number of halogens is 2. The van der Waals surface area contributed by atoms with Gasteiger partial charge in [0.15, 0.2) is 0 Å². The normalized spacial score (nSPS) is 11.8. The second-order valence-electron chi connectivity index (χ2n) is 6.41. The molecule has 28 heavy (non-hydrogen) atoms. The maximum Gasteiger partial charge on any atom is 0.135 e. The smallest absolute Gasteiger partial charge is 0.135 e. The Labute approximate surface area is 177 Å². The standard InChI is InChI=1S/C22H15Cl2N3S/c1-13-9-15(14(2)27(13)20-11-17(23)7-8-18(20)24)10-16(12-25)22-26-19-5-3-4-6-21(19)28-22/h3-11H,1-2H3. The molecule has 0 atom stereocenters. The quantitative estimate of drug-likeness (QED) is 0.330. The van der Waals surface area contributed by atoms with Crippen LogP contribution in [0.25, 0.3) is 27.6 Å². The molecule has 0 unspecified atom stereocenters. The van der Waals surface area contributed by atoms with E-state index in [1.807, 2.05) is 60.9 Å². The zero-order valence-corrected chi connectivity index (χ0v) is 17.5. The molecule has 3 nitrogen and oxygen atoms in total. The van der Waals surface area contributed by atoms with Crippen molar-refractivity contribution in [3.8, 4) is 11.8 Å². The van der Waals surface area contributed by atoms with Crippen LogP contribution in [-0.2, 0) is 0 Å². The van der Waals surface area contributed by atoms with Crippen molar-refractivity contribution in [3.05, 3.63) is 80.5 Å². The molecular formula is C22H15Cl2N3S. The molecule has 0 radical (unpaired) electrons. The molecule has 2 aromatic heterocycles. The topological polar surface area (TPSA) is 41.6 Å². The van der Waals surface area contributed by atoms with Crippen LogP contribution in [0, 0.1) is 25.2 Å². The molecule has 0 amide bonds. The number of allylic oxidation sites excluding steroid dienone is 1. The minimum Gasteiger partial charge on any atom is -0.316 e. The average molecular weight is 424 g/mol. The Hall–Kier alpha value is -2.58. The molecule has 4 aromatic rings. The highest BCUT2D eigenvalue weighted by molar-refractivity contribution is 7.19. The van der Waals surface area contributed by atoms with Gasteiger partial charge in [-0.25, -0.2) is 4.98 Å². The van der Waals surface area contributed by atoms with Gasteiger partial charge in [0.1, 0.15) is 11.1 Å². The molecule has 2 heterocycles. The summed E-state index contributed by atoms with van der Waals surface area (Å²) in [5.74, 6) is 0. The van der Waals surface area contributed by atoms with Gasteiger partial charge in [0, 0.05) is 16.4 Å². The number of nitriles is 1. The van der Waals surface area contributed by atoms with Crippen LogP contribution in [0.3, 0.4) is 0 Å². The molecule has 0 aliphatic carbocycles. The third-order valence-electron chi connectivity index (χ3n) is 4.56. The van der Waals surface area contributed by atoms with Crippen LogP contribution in [0.2, 0.25) is 10.0 Å². The lowest BCUT2D eigenvalue weighted by Crippen LogP contribution is -2.00. The Morgan fingerprint density at radius 2 is 1.93 bits per heavy atom. The average Bonchev–Trinajstić information content (AvgIpc) is 3.22. The third kappa shape index (κ3) is 3.33. The van der Waals surface area contributed by atoms with E-state index in [1.165, 1.54) is 11.3 Å². The number of aryl methyl sites for hydroxylation is 1. The summed E-state index contributed by atoms with van der Waals surface area (Å²) in [6.45, 7) is 4.01. The minimum absolute atomic E-state index is 0.540. The Morgan fingerprint density at radius 3 is 2.68 bits per heavy atom. The van der Waals surface area contributed by atoms with Gasteiger partial charge >= 0.3 is 0 Å². The van der Waals surface area contributed by atoms with Crippen LogP contribution < -0.4 is 0 Å². The van der Waals surface area contributed by atoms with Gasteiger partial charge in [-0.05, 0) is 61.9 Å². The van der Waals surface area contributed by atoms with E-state index in [4.69, 9.17) is 23.2 Å². The molecular weight excluding hydrogens is 409 g/mol. The van der Waals surface area contributed by atoms with Crippen molar-refractivity contribution in [1.82, 2.24) is 9.55 Å². The summed E-state index contributed by atoms with van der Waals surface area (Å²) in [5.41, 5.74) is 5.20. The van der Waals surface area contributed by atoms with E-state index < -0.39 is 0 Å². The van der Waals surface area contributed by atoms with Gasteiger partial charge in [-0.15, -0.1) is 11.3 Å². The number of benzene rings is 2. The first-order chi connectivity index (χ1) is 13.5. The maximum atomic E-state index is 9.73. The summed E-state index contributed by atoms with van der Waals surface area (Å²) in [4.78, 5) is 4.61. The maximum absolute atomic E-state index is 9.73. The lowest BCUT2D eigenvalue weighted by atomic mass is 10.1. The van der Waals surface area contributed by atoms with E-state index in [0.29, 0.717) is 20.6 Å². The van der Waals surface area contributed by atoms with Crippen LogP contribution in [0.15, 0.2) is 48.5 Å². The second-order valence-corrected chi connectivity index (χ2v) is 8.29. The lowest BCUT2D eigenvalue weighted by molar-refractivity contribution is 0.965. The van der Waals surface area contributed by atoms with Gasteiger partial charge in [-0.1, -0.05) is 35.3 Å². The van der Waals surface area contributed by atoms with Crippen molar-refractivity contribution in [3.63, 3.8) is 0 Å². The van der Waals surface area contributed by atoms with E-state index in [2.05, 4.69) is 11.1 Å². The fourth-order valence-corrected chi connectivity index (χ4v) is 4.55. The van der Waals surface area contributed by atoms with E-state index >= 15 is 0 Å². The molecule has 0 spiro atoms. The molecule has 138 valence electrons. The van der Waals surface area contributed by atoms with Crippen molar-refractivity contribution in [2.75, 3.05) is 0 Å². The molecule has 0 N–H and O–H groups in total. The van der Waals surface area contributed by atoms with Gasteiger partial charge in [-0.2, -0.15) is 5.26 Å². The number of para-hydroxylation sites is 1. The van der Waals surface area contributed by atoms with Gasteiger partial charge < -0.3 is 4.57 Å². The van der Waals surface area contributed by atoms with Crippen molar-refractivity contribution in [2.45, 2.75) is 13.8 Å².